The lowest BCUT2D eigenvalue weighted by molar-refractivity contribution is 0.328. The fraction of sp³-hybridized carbons (Fsp3) is 0.105. The molecule has 2 aromatic rings. The number of halogens is 2. The third kappa shape index (κ3) is 4.44. The lowest BCUT2D eigenvalue weighted by Gasteiger charge is -2.12. The van der Waals surface area contributed by atoms with Crippen LogP contribution in [0.5, 0.6) is 11.5 Å². The van der Waals surface area contributed by atoms with Crippen molar-refractivity contribution >= 4 is 45.8 Å². The normalized spacial score (nSPS) is 10.6. The number of hydrogen-bond donors (Lipinski definition) is 0. The molecule has 0 spiro atoms. The summed E-state index contributed by atoms with van der Waals surface area (Å²) in [4.78, 5) is 0. The molecule has 0 aliphatic carbocycles. The van der Waals surface area contributed by atoms with Crippen molar-refractivity contribution in [2.24, 2.45) is 0 Å². The summed E-state index contributed by atoms with van der Waals surface area (Å²) in [7, 11) is 1.56. The van der Waals surface area contributed by atoms with Gasteiger partial charge >= 0.3 is 0 Å². The number of methoxy groups -OCH3 is 1. The zero-order valence-corrected chi connectivity index (χ0v) is 15.8. The number of nitriles is 1. The second kappa shape index (κ2) is 8.63. The molecule has 2 aromatic carbocycles. The highest BCUT2D eigenvalue weighted by atomic mass is 127. The van der Waals surface area contributed by atoms with Crippen LogP contribution in [-0.4, -0.2) is 13.7 Å². The molecule has 0 saturated heterocycles. The molecule has 0 heterocycles. The predicted octanol–water partition coefficient (Wildman–Crippen LogP) is 5.03. The highest BCUT2D eigenvalue weighted by Crippen LogP contribution is 2.35. The van der Waals surface area contributed by atoms with Crippen molar-refractivity contribution in [3.05, 3.63) is 56.1 Å². The maximum Gasteiger partial charge on any atom is 0.175 e. The van der Waals surface area contributed by atoms with E-state index in [0.29, 0.717) is 22.1 Å². The van der Waals surface area contributed by atoms with Crippen molar-refractivity contribution in [3.63, 3.8) is 0 Å². The molecule has 0 unspecified atom stereocenters. The van der Waals surface area contributed by atoms with Gasteiger partial charge in [-0.15, -0.1) is 6.42 Å². The van der Waals surface area contributed by atoms with Crippen molar-refractivity contribution in [1.29, 1.82) is 5.26 Å². The van der Waals surface area contributed by atoms with Gasteiger partial charge in [-0.2, -0.15) is 5.26 Å². The number of nitrogens with zero attached hydrogens (tertiary/aromatic N) is 1. The maximum absolute atomic E-state index is 9.45. The first-order valence-corrected chi connectivity index (χ1v) is 8.36. The molecular formula is C19H13ClINO2. The Bertz CT molecular complexity index is 845. The summed E-state index contributed by atoms with van der Waals surface area (Å²) in [5.41, 5.74) is 2.15. The second-order valence-corrected chi connectivity index (χ2v) is 6.30. The van der Waals surface area contributed by atoms with Crippen molar-refractivity contribution < 1.29 is 9.47 Å². The summed E-state index contributed by atoms with van der Waals surface area (Å²) in [6, 6.07) is 13.0. The molecule has 0 aliphatic heterocycles. The largest absolute Gasteiger partial charge is 0.493 e. The minimum absolute atomic E-state index is 0.162. The van der Waals surface area contributed by atoms with Gasteiger partial charge in [0, 0.05) is 5.02 Å². The lowest BCUT2D eigenvalue weighted by Crippen LogP contribution is -1.99. The molecule has 0 N–H and O–H groups in total. The minimum Gasteiger partial charge on any atom is -0.493 e. The van der Waals surface area contributed by atoms with E-state index in [0.717, 1.165) is 14.7 Å². The maximum atomic E-state index is 9.45. The van der Waals surface area contributed by atoms with E-state index in [2.05, 4.69) is 34.6 Å². The molecule has 0 radical (unpaired) electrons. The van der Waals surface area contributed by atoms with Gasteiger partial charge in [-0.3, -0.25) is 0 Å². The summed E-state index contributed by atoms with van der Waals surface area (Å²) in [6.07, 6.45) is 7.02. The molecule has 3 nitrogen and oxygen atoms in total. The number of ether oxygens (including phenoxy) is 2. The van der Waals surface area contributed by atoms with Crippen molar-refractivity contribution in [2.75, 3.05) is 13.7 Å². The van der Waals surface area contributed by atoms with Gasteiger partial charge in [-0.05, 0) is 64.1 Å². The third-order valence-corrected chi connectivity index (χ3v) is 4.19. The molecule has 0 aromatic heterocycles. The SMILES string of the molecule is C#CCOc1c(I)cc(C=C(C#N)c2ccc(Cl)cc2)cc1OC. The number of terminal acetylenes is 1. The molecule has 120 valence electrons. The van der Waals surface area contributed by atoms with E-state index in [4.69, 9.17) is 27.5 Å². The number of hydrogen-bond acceptors (Lipinski definition) is 3. The van der Waals surface area contributed by atoms with Crippen LogP contribution in [-0.2, 0) is 0 Å². The zero-order chi connectivity index (χ0) is 17.5. The van der Waals surface area contributed by atoms with Crippen molar-refractivity contribution in [2.45, 2.75) is 0 Å². The van der Waals surface area contributed by atoms with Gasteiger partial charge in [0.2, 0.25) is 0 Å². The van der Waals surface area contributed by atoms with Gasteiger partial charge in [0.05, 0.1) is 22.3 Å². The summed E-state index contributed by atoms with van der Waals surface area (Å²) < 4.78 is 11.7. The average molecular weight is 450 g/mol. The van der Waals surface area contributed by atoms with Gasteiger partial charge < -0.3 is 9.47 Å². The van der Waals surface area contributed by atoms with Gasteiger partial charge in [0.1, 0.15) is 6.61 Å². The number of benzene rings is 2. The Hall–Kier alpha value is -2.15. The van der Waals surface area contributed by atoms with E-state index in [-0.39, 0.29) is 6.61 Å². The fourth-order valence-corrected chi connectivity index (χ4v) is 2.96. The zero-order valence-electron chi connectivity index (χ0n) is 12.8. The molecular weight excluding hydrogens is 437 g/mol. The van der Waals surface area contributed by atoms with Crippen molar-refractivity contribution in [3.8, 4) is 29.9 Å². The van der Waals surface area contributed by atoms with E-state index in [1.807, 2.05) is 18.2 Å². The van der Waals surface area contributed by atoms with Crippen LogP contribution in [0.25, 0.3) is 11.6 Å². The summed E-state index contributed by atoms with van der Waals surface area (Å²) in [5.74, 6) is 3.59. The molecule has 2 rings (SSSR count). The fourth-order valence-electron chi connectivity index (χ4n) is 2.05. The molecule has 0 atom stereocenters. The Morgan fingerprint density at radius 2 is 2.04 bits per heavy atom. The Labute approximate surface area is 160 Å². The molecule has 0 saturated carbocycles. The lowest BCUT2D eigenvalue weighted by atomic mass is 10.0. The highest BCUT2D eigenvalue weighted by Gasteiger charge is 2.11. The number of allylic oxidation sites excluding steroid dienone is 1. The van der Waals surface area contributed by atoms with E-state index in [9.17, 15) is 5.26 Å². The topological polar surface area (TPSA) is 42.2 Å². The quantitative estimate of drug-likeness (QED) is 0.278. The van der Waals surface area contributed by atoms with Gasteiger partial charge in [-0.1, -0.05) is 29.7 Å². The van der Waals surface area contributed by atoms with E-state index in [1.54, 1.807) is 31.4 Å². The van der Waals surface area contributed by atoms with Crippen LogP contribution in [0.1, 0.15) is 11.1 Å². The Kier molecular flexibility index (Phi) is 6.54. The van der Waals surface area contributed by atoms with Crippen LogP contribution < -0.4 is 9.47 Å². The second-order valence-electron chi connectivity index (χ2n) is 4.70. The standard InChI is InChI=1S/C19H13ClINO2/c1-3-8-24-19-17(21)10-13(11-18(19)23-2)9-15(12-22)14-4-6-16(20)7-5-14/h1,4-7,9-11H,8H2,2H3. The molecule has 5 heteroatoms. The van der Waals surface area contributed by atoms with Crippen LogP contribution in [0.4, 0.5) is 0 Å². The monoisotopic (exact) mass is 449 g/mol. The molecule has 0 bridgehead atoms. The van der Waals surface area contributed by atoms with Crippen LogP contribution in [0, 0.1) is 27.2 Å². The summed E-state index contributed by atoms with van der Waals surface area (Å²) in [6.45, 7) is 0.162. The summed E-state index contributed by atoms with van der Waals surface area (Å²) >= 11 is 8.04. The van der Waals surface area contributed by atoms with Crippen molar-refractivity contribution in [1.82, 2.24) is 0 Å². The molecule has 0 fully saturated rings. The molecule has 0 aliphatic rings. The molecule has 24 heavy (non-hydrogen) atoms. The summed E-state index contributed by atoms with van der Waals surface area (Å²) in [5, 5.41) is 10.1. The van der Waals surface area contributed by atoms with Crippen LogP contribution >= 0.6 is 34.2 Å². The van der Waals surface area contributed by atoms with E-state index in [1.165, 1.54) is 0 Å². The van der Waals surface area contributed by atoms with Crippen LogP contribution in [0.3, 0.4) is 0 Å². The predicted molar refractivity (Wildman–Crippen MR) is 105 cm³/mol. The minimum atomic E-state index is 0.162. The first-order chi connectivity index (χ1) is 11.6. The number of rotatable bonds is 5. The first kappa shape index (κ1) is 18.2. The smallest absolute Gasteiger partial charge is 0.175 e. The molecule has 0 amide bonds. The Balaban J connectivity index is 2.44. The van der Waals surface area contributed by atoms with E-state index < -0.39 is 0 Å². The van der Waals surface area contributed by atoms with Gasteiger partial charge in [0.15, 0.2) is 11.5 Å². The van der Waals surface area contributed by atoms with Crippen LogP contribution in [0.2, 0.25) is 5.02 Å². The third-order valence-electron chi connectivity index (χ3n) is 3.14. The first-order valence-electron chi connectivity index (χ1n) is 6.90. The van der Waals surface area contributed by atoms with Gasteiger partial charge in [-0.25, -0.2) is 0 Å². The van der Waals surface area contributed by atoms with Crippen LogP contribution in [0.15, 0.2) is 36.4 Å². The Morgan fingerprint density at radius 3 is 2.62 bits per heavy atom. The average Bonchev–Trinajstić information content (AvgIpc) is 2.59. The Morgan fingerprint density at radius 1 is 1.33 bits per heavy atom. The highest BCUT2D eigenvalue weighted by molar-refractivity contribution is 14.1. The van der Waals surface area contributed by atoms with E-state index >= 15 is 0 Å². The van der Waals surface area contributed by atoms with Gasteiger partial charge in [0.25, 0.3) is 0 Å².